The standard InChI is InChI=1S/C18H15N5OS2/c1-24-15-6-4-5-14(9-15)23-12-20-22-18(23)26-11-13-10-25-17(21-13)16-7-2-3-8-19-16/h2-10,12H,11H2,1H3. The van der Waals surface area contributed by atoms with E-state index in [0.717, 1.165) is 33.0 Å². The highest BCUT2D eigenvalue weighted by molar-refractivity contribution is 7.98. The van der Waals surface area contributed by atoms with E-state index < -0.39 is 0 Å². The summed E-state index contributed by atoms with van der Waals surface area (Å²) < 4.78 is 7.24. The quantitative estimate of drug-likeness (QED) is 0.469. The molecule has 4 rings (SSSR count). The lowest BCUT2D eigenvalue weighted by Crippen LogP contribution is -1.96. The predicted octanol–water partition coefficient (Wildman–Crippen LogP) is 4.09. The van der Waals surface area contributed by atoms with Gasteiger partial charge in [-0.25, -0.2) is 4.98 Å². The van der Waals surface area contributed by atoms with Crippen LogP contribution in [0.2, 0.25) is 0 Å². The second-order valence-electron chi connectivity index (χ2n) is 5.33. The first kappa shape index (κ1) is 16.7. The molecular formula is C18H15N5OS2. The molecular weight excluding hydrogens is 366 g/mol. The minimum Gasteiger partial charge on any atom is -0.497 e. The van der Waals surface area contributed by atoms with E-state index in [4.69, 9.17) is 4.74 Å². The van der Waals surface area contributed by atoms with E-state index in [1.165, 1.54) is 0 Å². The molecule has 0 saturated carbocycles. The Labute approximate surface area is 158 Å². The minimum atomic E-state index is 0.714. The molecule has 0 aliphatic heterocycles. The van der Waals surface area contributed by atoms with Gasteiger partial charge in [0.2, 0.25) is 0 Å². The molecule has 0 atom stereocenters. The topological polar surface area (TPSA) is 65.7 Å². The molecule has 0 aliphatic rings. The van der Waals surface area contributed by atoms with Crippen LogP contribution in [0.15, 0.2) is 65.5 Å². The molecule has 0 radical (unpaired) electrons. The second kappa shape index (κ2) is 7.67. The highest BCUT2D eigenvalue weighted by atomic mass is 32.2. The Morgan fingerprint density at radius 3 is 3.00 bits per heavy atom. The lowest BCUT2D eigenvalue weighted by Gasteiger charge is -2.07. The molecule has 0 unspecified atom stereocenters. The first-order valence-electron chi connectivity index (χ1n) is 7.86. The van der Waals surface area contributed by atoms with E-state index in [0.29, 0.717) is 5.75 Å². The van der Waals surface area contributed by atoms with Crippen LogP contribution in [-0.2, 0) is 5.75 Å². The Hall–Kier alpha value is -2.71. The number of thiazole rings is 1. The minimum absolute atomic E-state index is 0.714. The third-order valence-electron chi connectivity index (χ3n) is 3.63. The maximum Gasteiger partial charge on any atom is 0.195 e. The van der Waals surface area contributed by atoms with Crippen molar-refractivity contribution >= 4 is 23.1 Å². The Balaban J connectivity index is 1.49. The summed E-state index contributed by atoms with van der Waals surface area (Å²) in [6.07, 6.45) is 3.49. The lowest BCUT2D eigenvalue weighted by atomic mass is 10.3. The molecule has 0 bridgehead atoms. The SMILES string of the molecule is COc1cccc(-n2cnnc2SCc2csc(-c3ccccn3)n2)c1. The van der Waals surface area contributed by atoms with Crippen LogP contribution in [0.25, 0.3) is 16.4 Å². The fourth-order valence-electron chi connectivity index (χ4n) is 2.38. The monoisotopic (exact) mass is 381 g/mol. The van der Waals surface area contributed by atoms with Gasteiger partial charge < -0.3 is 4.74 Å². The van der Waals surface area contributed by atoms with Gasteiger partial charge in [-0.05, 0) is 24.3 Å². The van der Waals surface area contributed by atoms with E-state index >= 15 is 0 Å². The van der Waals surface area contributed by atoms with E-state index in [2.05, 4.69) is 25.5 Å². The van der Waals surface area contributed by atoms with Gasteiger partial charge in [-0.3, -0.25) is 9.55 Å². The van der Waals surface area contributed by atoms with Crippen molar-refractivity contribution in [1.29, 1.82) is 0 Å². The molecule has 4 aromatic rings. The molecule has 0 amide bonds. The van der Waals surface area contributed by atoms with Crippen LogP contribution in [0.5, 0.6) is 5.75 Å². The summed E-state index contributed by atoms with van der Waals surface area (Å²) in [7, 11) is 1.66. The fraction of sp³-hybridized carbons (Fsp3) is 0.111. The molecule has 26 heavy (non-hydrogen) atoms. The van der Waals surface area contributed by atoms with Crippen molar-refractivity contribution in [3.05, 3.63) is 66.1 Å². The second-order valence-corrected chi connectivity index (χ2v) is 7.13. The Kier molecular flexibility index (Phi) is 4.94. The number of rotatable bonds is 6. The van der Waals surface area contributed by atoms with Crippen LogP contribution in [-0.4, -0.2) is 31.8 Å². The Morgan fingerprint density at radius 2 is 2.15 bits per heavy atom. The maximum atomic E-state index is 5.29. The normalized spacial score (nSPS) is 10.8. The van der Waals surface area contributed by atoms with Crippen molar-refractivity contribution in [2.24, 2.45) is 0 Å². The highest BCUT2D eigenvalue weighted by Gasteiger charge is 2.11. The van der Waals surface area contributed by atoms with Gasteiger partial charge >= 0.3 is 0 Å². The predicted molar refractivity (Wildman–Crippen MR) is 103 cm³/mol. The molecule has 0 saturated heterocycles. The number of nitrogens with zero attached hydrogens (tertiary/aromatic N) is 5. The number of ether oxygens (including phenoxy) is 1. The summed E-state index contributed by atoms with van der Waals surface area (Å²) in [5.41, 5.74) is 2.86. The molecule has 6 nitrogen and oxygen atoms in total. The summed E-state index contributed by atoms with van der Waals surface area (Å²) in [4.78, 5) is 9.01. The van der Waals surface area contributed by atoms with Gasteiger partial charge in [0.15, 0.2) is 5.16 Å². The van der Waals surface area contributed by atoms with Gasteiger partial charge in [-0.15, -0.1) is 21.5 Å². The lowest BCUT2D eigenvalue weighted by molar-refractivity contribution is 0.414. The van der Waals surface area contributed by atoms with Crippen LogP contribution in [0.3, 0.4) is 0 Å². The zero-order chi connectivity index (χ0) is 17.8. The fourth-order valence-corrected chi connectivity index (χ4v) is 4.10. The number of thioether (sulfide) groups is 1. The van der Waals surface area contributed by atoms with Gasteiger partial charge in [0.1, 0.15) is 17.1 Å². The van der Waals surface area contributed by atoms with Crippen molar-refractivity contribution in [1.82, 2.24) is 24.7 Å². The first-order chi connectivity index (χ1) is 12.8. The number of hydrogen-bond acceptors (Lipinski definition) is 7. The third-order valence-corrected chi connectivity index (χ3v) is 5.52. The Morgan fingerprint density at radius 1 is 1.19 bits per heavy atom. The molecule has 1 aromatic carbocycles. The van der Waals surface area contributed by atoms with E-state index in [9.17, 15) is 0 Å². The van der Waals surface area contributed by atoms with Crippen LogP contribution in [0.4, 0.5) is 0 Å². The average molecular weight is 381 g/mol. The van der Waals surface area contributed by atoms with Crippen LogP contribution in [0.1, 0.15) is 5.69 Å². The smallest absolute Gasteiger partial charge is 0.195 e. The number of methoxy groups -OCH3 is 1. The van der Waals surface area contributed by atoms with Crippen LogP contribution in [0, 0.1) is 0 Å². The molecule has 0 aliphatic carbocycles. The number of hydrogen-bond donors (Lipinski definition) is 0. The van der Waals surface area contributed by atoms with Gasteiger partial charge in [-0.1, -0.05) is 23.9 Å². The summed E-state index contributed by atoms with van der Waals surface area (Å²) in [6.45, 7) is 0. The van der Waals surface area contributed by atoms with Crippen molar-refractivity contribution in [3.8, 4) is 22.1 Å². The zero-order valence-electron chi connectivity index (χ0n) is 13.9. The largest absolute Gasteiger partial charge is 0.497 e. The number of aromatic nitrogens is 5. The van der Waals surface area contributed by atoms with Crippen molar-refractivity contribution in [2.45, 2.75) is 10.9 Å². The Bertz CT molecular complexity index is 1000. The van der Waals surface area contributed by atoms with Gasteiger partial charge in [0, 0.05) is 23.4 Å². The average Bonchev–Trinajstić information content (AvgIpc) is 3.36. The molecule has 8 heteroatoms. The summed E-state index contributed by atoms with van der Waals surface area (Å²) in [5, 5.41) is 12.1. The molecule has 0 fully saturated rings. The number of benzene rings is 1. The van der Waals surface area contributed by atoms with Crippen molar-refractivity contribution < 1.29 is 4.74 Å². The molecule has 3 heterocycles. The third kappa shape index (κ3) is 3.61. The van der Waals surface area contributed by atoms with Crippen LogP contribution >= 0.6 is 23.1 Å². The molecule has 0 spiro atoms. The highest BCUT2D eigenvalue weighted by Crippen LogP contribution is 2.27. The summed E-state index contributed by atoms with van der Waals surface area (Å²) >= 11 is 3.19. The van der Waals surface area contributed by atoms with Crippen LogP contribution < -0.4 is 4.74 Å². The van der Waals surface area contributed by atoms with Gasteiger partial charge in [0.05, 0.1) is 24.2 Å². The van der Waals surface area contributed by atoms with E-state index in [-0.39, 0.29) is 0 Å². The molecule has 130 valence electrons. The van der Waals surface area contributed by atoms with Gasteiger partial charge in [0.25, 0.3) is 0 Å². The summed E-state index contributed by atoms with van der Waals surface area (Å²) in [5.74, 6) is 1.51. The van der Waals surface area contributed by atoms with E-state index in [1.807, 2.05) is 47.0 Å². The molecule has 3 aromatic heterocycles. The maximum absolute atomic E-state index is 5.29. The first-order valence-corrected chi connectivity index (χ1v) is 9.73. The van der Waals surface area contributed by atoms with Gasteiger partial charge in [-0.2, -0.15) is 0 Å². The van der Waals surface area contributed by atoms with E-state index in [1.54, 1.807) is 42.7 Å². The van der Waals surface area contributed by atoms with Crippen molar-refractivity contribution in [3.63, 3.8) is 0 Å². The molecule has 0 N–H and O–H groups in total. The zero-order valence-corrected chi connectivity index (χ0v) is 15.6. The van der Waals surface area contributed by atoms with Crippen molar-refractivity contribution in [2.75, 3.05) is 7.11 Å². The number of pyridine rings is 1. The summed E-state index contributed by atoms with van der Waals surface area (Å²) in [6, 6.07) is 13.6.